The van der Waals surface area contributed by atoms with E-state index in [1.165, 1.54) is 0 Å². The van der Waals surface area contributed by atoms with Crippen LogP contribution >= 0.6 is 0 Å². The quantitative estimate of drug-likeness (QED) is 0.635. The number of allylic oxidation sites excluding steroid dienone is 2. The second-order valence-electron chi connectivity index (χ2n) is 5.13. The average molecular weight is 271 g/mol. The smallest absolute Gasteiger partial charge is 0.309 e. The number of hydrogen-bond acceptors (Lipinski definition) is 4. The first-order valence-electron chi connectivity index (χ1n) is 6.84. The highest BCUT2D eigenvalue weighted by Gasteiger charge is 2.20. The van der Waals surface area contributed by atoms with Gasteiger partial charge in [0.1, 0.15) is 12.1 Å². The summed E-state index contributed by atoms with van der Waals surface area (Å²) in [6.45, 7) is 0.297. The van der Waals surface area contributed by atoms with Gasteiger partial charge in [0.05, 0.1) is 11.4 Å². The van der Waals surface area contributed by atoms with Crippen molar-refractivity contribution in [3.05, 3.63) is 35.9 Å². The molecule has 0 N–H and O–H groups in total. The van der Waals surface area contributed by atoms with Gasteiger partial charge in [-0.25, -0.2) is 4.68 Å². The van der Waals surface area contributed by atoms with Crippen LogP contribution in [0.2, 0.25) is 0 Å². The van der Waals surface area contributed by atoms with Crippen molar-refractivity contribution >= 4 is 17.0 Å². The number of hydrogen-bond donors (Lipinski definition) is 0. The van der Waals surface area contributed by atoms with Gasteiger partial charge >= 0.3 is 5.97 Å². The lowest BCUT2D eigenvalue weighted by Crippen LogP contribution is -2.18. The molecule has 20 heavy (non-hydrogen) atoms. The van der Waals surface area contributed by atoms with Crippen LogP contribution in [-0.2, 0) is 23.2 Å². The molecule has 5 heteroatoms. The van der Waals surface area contributed by atoms with Gasteiger partial charge in [-0.15, -0.1) is 5.10 Å². The largest absolute Gasteiger partial charge is 0.461 e. The van der Waals surface area contributed by atoms with Gasteiger partial charge in [-0.3, -0.25) is 4.79 Å². The van der Waals surface area contributed by atoms with Crippen LogP contribution in [0.25, 0.3) is 11.0 Å². The summed E-state index contributed by atoms with van der Waals surface area (Å²) >= 11 is 0. The van der Waals surface area contributed by atoms with Crippen molar-refractivity contribution in [2.45, 2.75) is 25.9 Å². The Balaban J connectivity index is 1.64. The zero-order valence-electron chi connectivity index (χ0n) is 11.5. The minimum atomic E-state index is -0.103. The minimum absolute atomic E-state index is 0.0141. The summed E-state index contributed by atoms with van der Waals surface area (Å²) in [5, 5.41) is 8.02. The van der Waals surface area contributed by atoms with E-state index in [4.69, 9.17) is 4.74 Å². The molecule has 1 aliphatic rings. The lowest BCUT2D eigenvalue weighted by atomic mass is 9.95. The molecule has 0 aliphatic heterocycles. The maximum absolute atomic E-state index is 12.0. The number of aryl methyl sites for hydroxylation is 1. The number of esters is 1. The summed E-state index contributed by atoms with van der Waals surface area (Å²) in [5.74, 6) is -0.0890. The Hall–Kier alpha value is -2.17. The third-order valence-electron chi connectivity index (χ3n) is 3.66. The number of aromatic nitrogens is 3. The van der Waals surface area contributed by atoms with Crippen LogP contribution in [0.4, 0.5) is 0 Å². The van der Waals surface area contributed by atoms with Crippen LogP contribution < -0.4 is 0 Å². The van der Waals surface area contributed by atoms with E-state index >= 15 is 0 Å². The highest BCUT2D eigenvalue weighted by Crippen LogP contribution is 2.20. The van der Waals surface area contributed by atoms with Gasteiger partial charge in [0.15, 0.2) is 0 Å². The Labute approximate surface area is 117 Å². The fourth-order valence-corrected chi connectivity index (χ4v) is 2.46. The van der Waals surface area contributed by atoms with E-state index < -0.39 is 0 Å². The minimum Gasteiger partial charge on any atom is -0.461 e. The summed E-state index contributed by atoms with van der Waals surface area (Å²) in [6, 6.07) is 5.80. The van der Waals surface area contributed by atoms with Gasteiger partial charge in [-0.2, -0.15) is 0 Å². The Bertz CT molecular complexity index is 660. The number of ether oxygens (including phenoxy) is 1. The van der Waals surface area contributed by atoms with E-state index in [-0.39, 0.29) is 11.9 Å². The lowest BCUT2D eigenvalue weighted by Gasteiger charge is -2.16. The van der Waals surface area contributed by atoms with E-state index in [0.717, 1.165) is 35.9 Å². The van der Waals surface area contributed by atoms with E-state index in [2.05, 4.69) is 22.5 Å². The van der Waals surface area contributed by atoms with E-state index in [1.54, 1.807) is 4.68 Å². The zero-order valence-corrected chi connectivity index (χ0v) is 11.5. The molecule has 1 aromatic heterocycles. The van der Waals surface area contributed by atoms with Gasteiger partial charge < -0.3 is 4.74 Å². The van der Waals surface area contributed by atoms with Gasteiger partial charge in [0.2, 0.25) is 0 Å². The van der Waals surface area contributed by atoms with Crippen LogP contribution in [0, 0.1) is 5.92 Å². The second kappa shape index (κ2) is 5.45. The second-order valence-corrected chi connectivity index (χ2v) is 5.13. The lowest BCUT2D eigenvalue weighted by molar-refractivity contribution is -0.150. The molecule has 104 valence electrons. The van der Waals surface area contributed by atoms with Gasteiger partial charge in [-0.1, -0.05) is 23.4 Å². The summed E-state index contributed by atoms with van der Waals surface area (Å²) < 4.78 is 7.12. The number of fused-ring (bicyclic) bond motifs is 1. The van der Waals surface area contributed by atoms with Crippen molar-refractivity contribution in [1.82, 2.24) is 15.0 Å². The molecule has 0 spiro atoms. The van der Waals surface area contributed by atoms with Crippen molar-refractivity contribution in [2.24, 2.45) is 13.0 Å². The fraction of sp³-hybridized carbons (Fsp3) is 0.400. The van der Waals surface area contributed by atoms with Crippen LogP contribution in [0.1, 0.15) is 24.8 Å². The molecule has 0 saturated heterocycles. The molecule has 1 aliphatic carbocycles. The Kier molecular flexibility index (Phi) is 3.50. The third-order valence-corrected chi connectivity index (χ3v) is 3.66. The molecule has 0 bridgehead atoms. The predicted octanol–water partition coefficient (Wildman–Crippen LogP) is 2.37. The van der Waals surface area contributed by atoms with E-state index in [1.807, 2.05) is 25.2 Å². The number of carbonyl (C=O) groups excluding carboxylic acids is 1. The van der Waals surface area contributed by atoms with Crippen molar-refractivity contribution in [3.63, 3.8) is 0 Å². The van der Waals surface area contributed by atoms with Crippen LogP contribution in [-0.4, -0.2) is 21.0 Å². The molecule has 0 saturated carbocycles. The molecule has 0 amide bonds. The Morgan fingerprint density at radius 3 is 3.15 bits per heavy atom. The summed E-state index contributed by atoms with van der Waals surface area (Å²) in [7, 11) is 1.85. The molecular weight excluding hydrogens is 254 g/mol. The number of nitrogens with zero attached hydrogens (tertiary/aromatic N) is 3. The van der Waals surface area contributed by atoms with Gasteiger partial charge in [0, 0.05) is 7.05 Å². The molecule has 3 rings (SSSR count). The maximum Gasteiger partial charge on any atom is 0.309 e. The highest BCUT2D eigenvalue weighted by atomic mass is 16.5. The molecule has 1 atom stereocenters. The topological polar surface area (TPSA) is 57.0 Å². The predicted molar refractivity (Wildman–Crippen MR) is 74.8 cm³/mol. The Morgan fingerprint density at radius 2 is 2.35 bits per heavy atom. The molecule has 0 fully saturated rings. The fourth-order valence-electron chi connectivity index (χ4n) is 2.46. The number of rotatable bonds is 3. The molecule has 0 unspecified atom stereocenters. The van der Waals surface area contributed by atoms with E-state index in [0.29, 0.717) is 6.61 Å². The van der Waals surface area contributed by atoms with Gasteiger partial charge in [-0.05, 0) is 37.0 Å². The molecule has 2 aromatic rings. The van der Waals surface area contributed by atoms with Crippen molar-refractivity contribution < 1.29 is 9.53 Å². The Morgan fingerprint density at radius 1 is 1.45 bits per heavy atom. The average Bonchev–Trinajstić information content (AvgIpc) is 2.87. The monoisotopic (exact) mass is 271 g/mol. The normalized spacial score (nSPS) is 18.4. The summed E-state index contributed by atoms with van der Waals surface area (Å²) in [5.41, 5.74) is 2.73. The van der Waals surface area contributed by atoms with Gasteiger partial charge in [0.25, 0.3) is 0 Å². The number of benzene rings is 1. The molecule has 1 aromatic carbocycles. The zero-order chi connectivity index (χ0) is 13.9. The highest BCUT2D eigenvalue weighted by molar-refractivity contribution is 5.75. The first kappa shape index (κ1) is 12.8. The summed E-state index contributed by atoms with van der Waals surface area (Å²) in [6.07, 6.45) is 6.82. The SMILES string of the molecule is Cn1nnc2cc(COC(=O)[C@@H]3CC=CCC3)ccc21. The first-order valence-corrected chi connectivity index (χ1v) is 6.84. The van der Waals surface area contributed by atoms with Crippen LogP contribution in [0.3, 0.4) is 0 Å². The molecular formula is C15H17N3O2. The van der Waals surface area contributed by atoms with Crippen LogP contribution in [0.15, 0.2) is 30.4 Å². The van der Waals surface area contributed by atoms with Crippen molar-refractivity contribution in [3.8, 4) is 0 Å². The first-order chi connectivity index (χ1) is 9.74. The summed E-state index contributed by atoms with van der Waals surface area (Å²) in [4.78, 5) is 12.0. The molecule has 0 radical (unpaired) electrons. The maximum atomic E-state index is 12.0. The van der Waals surface area contributed by atoms with Crippen molar-refractivity contribution in [1.29, 1.82) is 0 Å². The van der Waals surface area contributed by atoms with E-state index in [9.17, 15) is 4.79 Å². The van der Waals surface area contributed by atoms with Crippen LogP contribution in [0.5, 0.6) is 0 Å². The molecule has 1 heterocycles. The third kappa shape index (κ3) is 2.57. The standard InChI is InChI=1S/C15H17N3O2/c1-18-14-8-7-11(9-13(14)16-17-18)10-20-15(19)12-5-3-2-4-6-12/h2-3,7-9,12H,4-6,10H2,1H3/t12-/m1/s1. The molecule has 5 nitrogen and oxygen atoms in total. The van der Waals surface area contributed by atoms with Crippen molar-refractivity contribution in [2.75, 3.05) is 0 Å². The number of carbonyl (C=O) groups is 1.